The van der Waals surface area contributed by atoms with Crippen molar-refractivity contribution in [3.05, 3.63) is 67.0 Å². The fourth-order valence-corrected chi connectivity index (χ4v) is 2.51. The van der Waals surface area contributed by atoms with Crippen molar-refractivity contribution in [3.63, 3.8) is 0 Å². The van der Waals surface area contributed by atoms with Crippen LogP contribution in [0.4, 0.5) is 13.2 Å². The van der Waals surface area contributed by atoms with Crippen LogP contribution < -0.4 is 11.2 Å². The van der Waals surface area contributed by atoms with Gasteiger partial charge in [-0.05, 0) is 37.6 Å². The molecule has 0 radical (unpaired) electrons. The lowest BCUT2D eigenvalue weighted by molar-refractivity contribution is -0.139. The number of nitrogens with one attached hydrogen (secondary N) is 1. The highest BCUT2D eigenvalue weighted by Crippen LogP contribution is 2.30. The van der Waals surface area contributed by atoms with Crippen LogP contribution in [0.15, 0.2) is 27.8 Å². The zero-order valence-electron chi connectivity index (χ0n) is 13.3. The van der Waals surface area contributed by atoms with E-state index < -0.39 is 34.5 Å². The van der Waals surface area contributed by atoms with E-state index in [0.29, 0.717) is 15.7 Å². The first-order valence-corrected chi connectivity index (χ1v) is 7.17. The number of carbonyl (C=O) groups excluding carboxylic acids is 1. The van der Waals surface area contributed by atoms with Crippen LogP contribution >= 0.6 is 0 Å². The number of terminal acetylenes is 1. The van der Waals surface area contributed by atoms with Gasteiger partial charge < -0.3 is 0 Å². The Kier molecular flexibility index (Phi) is 4.70. The molecule has 0 unspecified atom stereocenters. The normalized spacial score (nSPS) is 11.2. The first-order valence-electron chi connectivity index (χ1n) is 7.17. The van der Waals surface area contributed by atoms with Gasteiger partial charge in [0.1, 0.15) is 11.3 Å². The fourth-order valence-electron chi connectivity index (χ4n) is 2.51. The number of halogens is 3. The van der Waals surface area contributed by atoms with Crippen molar-refractivity contribution in [1.29, 1.82) is 0 Å². The van der Waals surface area contributed by atoms with E-state index in [1.807, 2.05) is 0 Å². The van der Waals surface area contributed by atoms with Crippen molar-refractivity contribution in [2.24, 2.45) is 0 Å². The van der Waals surface area contributed by atoms with E-state index in [9.17, 15) is 27.6 Å². The maximum absolute atomic E-state index is 13.3. The van der Waals surface area contributed by atoms with E-state index in [-0.39, 0.29) is 12.1 Å². The number of carbonyl (C=O) groups is 1. The van der Waals surface area contributed by atoms with Crippen molar-refractivity contribution in [1.82, 2.24) is 9.55 Å². The number of aryl methyl sites for hydroxylation is 1. The second-order valence-corrected chi connectivity index (χ2v) is 5.29. The topological polar surface area (TPSA) is 71.9 Å². The molecule has 0 bridgehead atoms. The van der Waals surface area contributed by atoms with Crippen molar-refractivity contribution in [3.8, 4) is 12.3 Å². The summed E-state index contributed by atoms with van der Waals surface area (Å²) in [5, 5.41) is 0. The molecule has 8 heteroatoms. The summed E-state index contributed by atoms with van der Waals surface area (Å²) in [6.07, 6.45) is 0.169. The second kappa shape index (κ2) is 6.43. The molecule has 130 valence electrons. The third-order valence-corrected chi connectivity index (χ3v) is 3.52. The summed E-state index contributed by atoms with van der Waals surface area (Å²) in [5.41, 5.74) is -4.73. The van der Waals surface area contributed by atoms with Crippen LogP contribution in [0.1, 0.15) is 39.7 Å². The highest BCUT2D eigenvalue weighted by Gasteiger charge is 2.41. The van der Waals surface area contributed by atoms with Gasteiger partial charge in [0.05, 0.1) is 0 Å². The number of hydrogen-bond acceptors (Lipinski definition) is 3. The maximum atomic E-state index is 13.3. The van der Waals surface area contributed by atoms with Crippen LogP contribution in [-0.2, 0) is 12.7 Å². The molecule has 1 aromatic heterocycles. The van der Waals surface area contributed by atoms with Gasteiger partial charge in [-0.2, -0.15) is 13.2 Å². The lowest BCUT2D eigenvalue weighted by Gasteiger charge is -2.16. The highest BCUT2D eigenvalue weighted by molar-refractivity contribution is 6.09. The molecular formula is C17H13F3N2O3. The van der Waals surface area contributed by atoms with Crippen molar-refractivity contribution in [2.45, 2.75) is 26.6 Å². The smallest absolute Gasteiger partial charge is 0.290 e. The Hall–Kier alpha value is -3.08. The van der Waals surface area contributed by atoms with Gasteiger partial charge in [-0.25, -0.2) is 4.79 Å². The molecule has 0 spiro atoms. The average molecular weight is 350 g/mol. The van der Waals surface area contributed by atoms with E-state index in [1.165, 1.54) is 19.1 Å². The largest absolute Gasteiger partial charge is 0.423 e. The number of alkyl halides is 3. The number of H-pyrrole nitrogens is 1. The Labute approximate surface area is 140 Å². The van der Waals surface area contributed by atoms with Crippen LogP contribution in [0.5, 0.6) is 0 Å². The van der Waals surface area contributed by atoms with Gasteiger partial charge in [-0.3, -0.25) is 19.1 Å². The van der Waals surface area contributed by atoms with Crippen LogP contribution in [0.25, 0.3) is 0 Å². The predicted octanol–water partition coefficient (Wildman–Crippen LogP) is 2.10. The second-order valence-electron chi connectivity index (χ2n) is 5.29. The molecule has 0 fully saturated rings. The first-order chi connectivity index (χ1) is 11.6. The van der Waals surface area contributed by atoms with E-state index in [4.69, 9.17) is 6.42 Å². The molecule has 2 aromatic rings. The average Bonchev–Trinajstić information content (AvgIpc) is 2.51. The van der Waals surface area contributed by atoms with E-state index >= 15 is 0 Å². The highest BCUT2D eigenvalue weighted by atomic mass is 19.4. The molecule has 0 aliphatic rings. The zero-order chi connectivity index (χ0) is 18.9. The predicted molar refractivity (Wildman–Crippen MR) is 84.5 cm³/mol. The molecule has 0 aliphatic heterocycles. The summed E-state index contributed by atoms with van der Waals surface area (Å²) in [4.78, 5) is 37.9. The number of ketones is 1. The molecule has 0 saturated heterocycles. The van der Waals surface area contributed by atoms with Crippen LogP contribution in [0.2, 0.25) is 0 Å². The molecule has 2 rings (SSSR count). The lowest BCUT2D eigenvalue weighted by Crippen LogP contribution is -2.39. The number of nitrogens with zero attached hydrogens (tertiary/aromatic N) is 1. The summed E-state index contributed by atoms with van der Waals surface area (Å²) in [6, 6.07) is 4.16. The number of aromatic nitrogens is 2. The number of aromatic amines is 1. The van der Waals surface area contributed by atoms with Gasteiger partial charge in [0.15, 0.2) is 0 Å². The Morgan fingerprint density at radius 1 is 1.28 bits per heavy atom. The minimum Gasteiger partial charge on any atom is -0.290 e. The van der Waals surface area contributed by atoms with Gasteiger partial charge in [0.25, 0.3) is 5.56 Å². The molecule has 5 nitrogen and oxygen atoms in total. The van der Waals surface area contributed by atoms with Crippen LogP contribution in [0.3, 0.4) is 0 Å². The van der Waals surface area contributed by atoms with E-state index in [0.717, 1.165) is 0 Å². The zero-order valence-corrected chi connectivity index (χ0v) is 13.3. The monoisotopic (exact) mass is 350 g/mol. The van der Waals surface area contributed by atoms with Gasteiger partial charge >= 0.3 is 11.9 Å². The summed E-state index contributed by atoms with van der Waals surface area (Å²) >= 11 is 0. The number of benzene rings is 1. The molecule has 1 aromatic carbocycles. The molecule has 0 atom stereocenters. The molecular weight excluding hydrogens is 337 g/mol. The fraction of sp³-hybridized carbons (Fsp3) is 0.235. The molecule has 0 saturated carbocycles. The summed E-state index contributed by atoms with van der Waals surface area (Å²) in [5.74, 6) is 1.20. The lowest BCUT2D eigenvalue weighted by atomic mass is 9.99. The minimum absolute atomic E-state index is 0.134. The number of rotatable bonds is 3. The van der Waals surface area contributed by atoms with Crippen molar-refractivity contribution in [2.75, 3.05) is 0 Å². The Balaban J connectivity index is 2.89. The van der Waals surface area contributed by atoms with E-state index in [1.54, 1.807) is 18.0 Å². The van der Waals surface area contributed by atoms with E-state index in [2.05, 4.69) is 5.92 Å². The van der Waals surface area contributed by atoms with Crippen LogP contribution in [0, 0.1) is 19.3 Å². The molecule has 1 heterocycles. The third-order valence-electron chi connectivity index (χ3n) is 3.52. The van der Waals surface area contributed by atoms with Gasteiger partial charge in [-0.15, -0.1) is 6.42 Å². The van der Waals surface area contributed by atoms with Crippen molar-refractivity contribution >= 4 is 5.78 Å². The Morgan fingerprint density at radius 3 is 2.44 bits per heavy atom. The Morgan fingerprint density at radius 2 is 1.92 bits per heavy atom. The van der Waals surface area contributed by atoms with Gasteiger partial charge in [0.2, 0.25) is 5.78 Å². The third kappa shape index (κ3) is 3.40. The quantitative estimate of drug-likeness (QED) is 0.681. The SMILES string of the molecule is C#Cc1cc(C)cc(C(=O)c2c(C(F)(F)F)c(=O)[nH]c(=O)n2CC)c1. The summed E-state index contributed by atoms with van der Waals surface area (Å²) in [7, 11) is 0. The molecule has 0 amide bonds. The molecule has 1 N–H and O–H groups in total. The van der Waals surface area contributed by atoms with Gasteiger partial charge in [0, 0.05) is 17.7 Å². The Bertz CT molecular complexity index is 1010. The minimum atomic E-state index is -5.11. The van der Waals surface area contributed by atoms with Crippen molar-refractivity contribution < 1.29 is 18.0 Å². The molecule has 0 aliphatic carbocycles. The number of hydrogen-bond donors (Lipinski definition) is 1. The standard InChI is InChI=1S/C17H13F3N2O3/c1-4-10-6-9(3)7-11(8-10)14(23)13-12(17(18,19)20)15(24)21-16(25)22(13)5-2/h1,6-8H,5H2,2-3H3,(H,21,24,25). The molecule has 25 heavy (non-hydrogen) atoms. The van der Waals surface area contributed by atoms with Gasteiger partial charge in [-0.1, -0.05) is 5.92 Å². The maximum Gasteiger partial charge on any atom is 0.423 e. The first kappa shape index (κ1) is 18.3. The summed E-state index contributed by atoms with van der Waals surface area (Å²) < 4.78 is 40.6. The summed E-state index contributed by atoms with van der Waals surface area (Å²) in [6.45, 7) is 2.78. The van der Waals surface area contributed by atoms with Crippen LogP contribution in [-0.4, -0.2) is 15.3 Å².